The number of ether oxygens (including phenoxy) is 2. The Morgan fingerprint density at radius 3 is 1.29 bits per heavy atom. The van der Waals surface area contributed by atoms with Crippen LogP contribution in [0.4, 0.5) is 0 Å². The Labute approximate surface area is 255 Å². The zero-order chi connectivity index (χ0) is 30.2. The van der Waals surface area contributed by atoms with Crippen LogP contribution in [-0.4, -0.2) is 36.4 Å². The molecule has 5 nitrogen and oxygen atoms in total. The second-order valence-electron chi connectivity index (χ2n) is 12.8. The summed E-state index contributed by atoms with van der Waals surface area (Å²) in [6.07, 6.45) is 31.6. The molecule has 0 amide bonds. The molecule has 1 atom stereocenters. The van der Waals surface area contributed by atoms with E-state index in [0.29, 0.717) is 12.8 Å². The maximum Gasteiger partial charge on any atom is 0.306 e. The fourth-order valence-corrected chi connectivity index (χ4v) is 5.33. The van der Waals surface area contributed by atoms with E-state index in [1.54, 1.807) is 0 Å². The van der Waals surface area contributed by atoms with Gasteiger partial charge in [-0.15, -0.1) is 0 Å². The molecule has 0 saturated carbocycles. The highest BCUT2D eigenvalue weighted by Gasteiger charge is 2.16. The lowest BCUT2D eigenvalue weighted by atomic mass is 10.0. The Kier molecular flexibility index (Phi) is 31.0. The number of aliphatic hydroxyl groups excluding tert-OH is 1. The number of unbranched alkanes of at least 4 members (excludes halogenated alkanes) is 22. The van der Waals surface area contributed by atoms with Crippen molar-refractivity contribution in [2.75, 3.05) is 13.2 Å². The smallest absolute Gasteiger partial charge is 0.306 e. The molecule has 0 heterocycles. The van der Waals surface area contributed by atoms with Gasteiger partial charge in [-0.3, -0.25) is 9.59 Å². The molecule has 41 heavy (non-hydrogen) atoms. The Bertz CT molecular complexity index is 562. The molecular weight excluding hydrogens is 512 g/mol. The van der Waals surface area contributed by atoms with Gasteiger partial charge in [0.2, 0.25) is 0 Å². The normalized spacial score (nSPS) is 12.1. The highest BCUT2D eigenvalue weighted by Crippen LogP contribution is 2.15. The molecule has 0 aromatic carbocycles. The summed E-state index contributed by atoms with van der Waals surface area (Å²) in [6.45, 7) is 6.49. The lowest BCUT2D eigenvalue weighted by Crippen LogP contribution is -2.28. The van der Waals surface area contributed by atoms with Gasteiger partial charge in [0.1, 0.15) is 6.61 Å². The number of rotatable bonds is 32. The van der Waals surface area contributed by atoms with Crippen molar-refractivity contribution in [2.45, 2.75) is 200 Å². The molecule has 0 saturated heterocycles. The Morgan fingerprint density at radius 2 is 0.902 bits per heavy atom. The molecule has 244 valence electrons. The Morgan fingerprint density at radius 1 is 0.537 bits per heavy atom. The first-order valence-electron chi connectivity index (χ1n) is 18.0. The topological polar surface area (TPSA) is 72.8 Å². The molecule has 0 rings (SSSR count). The van der Waals surface area contributed by atoms with Gasteiger partial charge in [0.05, 0.1) is 6.61 Å². The molecule has 0 radical (unpaired) electrons. The zero-order valence-electron chi connectivity index (χ0n) is 27.7. The molecule has 0 bridgehead atoms. The fourth-order valence-electron chi connectivity index (χ4n) is 5.33. The second kappa shape index (κ2) is 31.8. The van der Waals surface area contributed by atoms with Gasteiger partial charge in [0, 0.05) is 12.8 Å². The molecule has 0 fully saturated rings. The zero-order valence-corrected chi connectivity index (χ0v) is 27.7. The van der Waals surface area contributed by atoms with Gasteiger partial charge in [-0.2, -0.15) is 0 Å². The first-order chi connectivity index (χ1) is 20.0. The molecule has 0 spiro atoms. The Balaban J connectivity index is 3.50. The van der Waals surface area contributed by atoms with Crippen LogP contribution in [0, 0.1) is 5.92 Å². The van der Waals surface area contributed by atoms with Crippen molar-refractivity contribution in [2.24, 2.45) is 5.92 Å². The highest BCUT2D eigenvalue weighted by atomic mass is 16.6. The van der Waals surface area contributed by atoms with Crippen molar-refractivity contribution in [3.05, 3.63) is 0 Å². The predicted molar refractivity (Wildman–Crippen MR) is 173 cm³/mol. The number of carbonyl (C=O) groups is 2. The van der Waals surface area contributed by atoms with Gasteiger partial charge in [0.15, 0.2) is 6.10 Å². The Hall–Kier alpha value is -1.10. The first kappa shape index (κ1) is 39.9. The van der Waals surface area contributed by atoms with E-state index < -0.39 is 6.10 Å². The van der Waals surface area contributed by atoms with Crippen molar-refractivity contribution < 1.29 is 24.2 Å². The molecule has 0 unspecified atom stereocenters. The highest BCUT2D eigenvalue weighted by molar-refractivity contribution is 5.70. The van der Waals surface area contributed by atoms with Crippen molar-refractivity contribution in [3.63, 3.8) is 0 Å². The quantitative estimate of drug-likeness (QED) is 0.0631. The second-order valence-corrected chi connectivity index (χ2v) is 12.8. The number of hydrogen-bond donors (Lipinski definition) is 1. The summed E-state index contributed by atoms with van der Waals surface area (Å²) < 4.78 is 10.6. The number of carbonyl (C=O) groups excluding carboxylic acids is 2. The maximum absolute atomic E-state index is 12.1. The van der Waals surface area contributed by atoms with Gasteiger partial charge >= 0.3 is 11.9 Å². The standard InChI is InChI=1S/C36H70O5/c1-4-5-6-7-8-9-17-21-24-27-30-36(39)41-34(31-37)32-40-35(38)29-26-23-20-18-15-13-11-10-12-14-16-19-22-25-28-33(2)3/h33-34,37H,4-32H2,1-3H3/t34-/m0/s1. The summed E-state index contributed by atoms with van der Waals surface area (Å²) in [7, 11) is 0. The lowest BCUT2D eigenvalue weighted by molar-refractivity contribution is -0.161. The number of aliphatic hydroxyl groups is 1. The molecule has 0 aliphatic rings. The van der Waals surface area contributed by atoms with Gasteiger partial charge in [-0.05, 0) is 18.8 Å². The van der Waals surface area contributed by atoms with Gasteiger partial charge < -0.3 is 14.6 Å². The minimum absolute atomic E-state index is 0.0583. The van der Waals surface area contributed by atoms with Crippen LogP contribution in [-0.2, 0) is 19.1 Å². The van der Waals surface area contributed by atoms with E-state index >= 15 is 0 Å². The van der Waals surface area contributed by atoms with E-state index in [1.807, 2.05) is 0 Å². The molecule has 0 aliphatic heterocycles. The van der Waals surface area contributed by atoms with Gasteiger partial charge in [-0.25, -0.2) is 0 Å². The maximum atomic E-state index is 12.1. The largest absolute Gasteiger partial charge is 0.462 e. The van der Waals surface area contributed by atoms with Crippen LogP contribution in [0.2, 0.25) is 0 Å². The van der Waals surface area contributed by atoms with Gasteiger partial charge in [-0.1, -0.05) is 168 Å². The van der Waals surface area contributed by atoms with Crippen LogP contribution in [0.5, 0.6) is 0 Å². The fraction of sp³-hybridized carbons (Fsp3) is 0.944. The minimum Gasteiger partial charge on any atom is -0.462 e. The van der Waals surface area contributed by atoms with E-state index in [9.17, 15) is 14.7 Å². The van der Waals surface area contributed by atoms with Crippen LogP contribution in [0.25, 0.3) is 0 Å². The third-order valence-corrected chi connectivity index (χ3v) is 8.08. The average molecular weight is 583 g/mol. The van der Waals surface area contributed by atoms with Crippen LogP contribution < -0.4 is 0 Å². The molecule has 1 N–H and O–H groups in total. The van der Waals surface area contributed by atoms with E-state index in [4.69, 9.17) is 9.47 Å². The number of esters is 2. The average Bonchev–Trinajstić information content (AvgIpc) is 2.95. The molecule has 0 aromatic heterocycles. The van der Waals surface area contributed by atoms with Crippen LogP contribution in [0.3, 0.4) is 0 Å². The van der Waals surface area contributed by atoms with Crippen molar-refractivity contribution in [1.29, 1.82) is 0 Å². The summed E-state index contributed by atoms with van der Waals surface area (Å²) in [4.78, 5) is 24.1. The van der Waals surface area contributed by atoms with Crippen LogP contribution >= 0.6 is 0 Å². The summed E-state index contributed by atoms with van der Waals surface area (Å²) in [5, 5.41) is 9.50. The third kappa shape index (κ3) is 31.7. The molecule has 5 heteroatoms. The summed E-state index contributed by atoms with van der Waals surface area (Å²) in [5.74, 6) is 0.270. The SMILES string of the molecule is CCCCCCCCCCCCC(=O)O[C@@H](CO)COC(=O)CCCCCCCCCCCCCCCCC(C)C. The third-order valence-electron chi connectivity index (χ3n) is 8.08. The minimum atomic E-state index is -0.760. The van der Waals surface area contributed by atoms with Crippen molar-refractivity contribution in [1.82, 2.24) is 0 Å². The van der Waals surface area contributed by atoms with Crippen molar-refractivity contribution in [3.8, 4) is 0 Å². The van der Waals surface area contributed by atoms with E-state index in [1.165, 1.54) is 128 Å². The first-order valence-corrected chi connectivity index (χ1v) is 18.0. The molecular formula is C36H70O5. The van der Waals surface area contributed by atoms with Crippen LogP contribution in [0.1, 0.15) is 194 Å². The summed E-state index contributed by atoms with van der Waals surface area (Å²) in [6, 6.07) is 0. The number of hydrogen-bond acceptors (Lipinski definition) is 5. The summed E-state index contributed by atoms with van der Waals surface area (Å²) in [5.41, 5.74) is 0. The summed E-state index contributed by atoms with van der Waals surface area (Å²) >= 11 is 0. The predicted octanol–water partition coefficient (Wildman–Crippen LogP) is 10.6. The van der Waals surface area contributed by atoms with Gasteiger partial charge in [0.25, 0.3) is 0 Å². The van der Waals surface area contributed by atoms with E-state index in [0.717, 1.165) is 38.0 Å². The van der Waals surface area contributed by atoms with E-state index in [-0.39, 0.29) is 25.2 Å². The monoisotopic (exact) mass is 583 g/mol. The molecule has 0 aliphatic carbocycles. The lowest BCUT2D eigenvalue weighted by Gasteiger charge is -2.15. The van der Waals surface area contributed by atoms with E-state index in [2.05, 4.69) is 20.8 Å². The van der Waals surface area contributed by atoms with Crippen molar-refractivity contribution >= 4 is 11.9 Å². The van der Waals surface area contributed by atoms with Crippen LogP contribution in [0.15, 0.2) is 0 Å². The molecule has 0 aromatic rings.